The molecule has 1 aliphatic heterocycles. The van der Waals surface area contributed by atoms with Gasteiger partial charge in [-0.15, -0.1) is 0 Å². The van der Waals surface area contributed by atoms with Gasteiger partial charge in [0, 0.05) is 0 Å². The molecule has 13 heavy (non-hydrogen) atoms. The van der Waals surface area contributed by atoms with Gasteiger partial charge in [0.25, 0.3) is 0 Å². The summed E-state index contributed by atoms with van der Waals surface area (Å²) >= 11 is 0. The average Bonchev–Trinajstić information content (AvgIpc) is 2.14. The molecule has 0 bridgehead atoms. The van der Waals surface area contributed by atoms with Gasteiger partial charge in [-0.1, -0.05) is 12.8 Å². The predicted octanol–water partition coefficient (Wildman–Crippen LogP) is 2.52. The Morgan fingerprint density at radius 1 is 1.00 bits per heavy atom. The number of carbonyl (C=O) groups is 1. The van der Waals surface area contributed by atoms with Crippen LogP contribution in [0.5, 0.6) is 0 Å². The van der Waals surface area contributed by atoms with E-state index < -0.39 is 0 Å². The fraction of sp³-hybridized carbons (Fsp3) is 0.909. The maximum Gasteiger partial charge on any atom is 0.309 e. The second-order valence-electron chi connectivity index (χ2n) is 4.31. The molecule has 1 heterocycles. The van der Waals surface area contributed by atoms with E-state index in [1.165, 1.54) is 32.1 Å². The van der Waals surface area contributed by atoms with Crippen molar-refractivity contribution >= 4 is 5.97 Å². The molecule has 0 aromatic carbocycles. The molecule has 2 rings (SSSR count). The van der Waals surface area contributed by atoms with Crippen LogP contribution in [0.1, 0.15) is 44.9 Å². The molecule has 1 saturated heterocycles. The molecule has 2 heteroatoms. The Balaban J connectivity index is 2.02. The number of esters is 1. The summed E-state index contributed by atoms with van der Waals surface area (Å²) in [5.41, 5.74) is 0. The Morgan fingerprint density at radius 2 is 1.69 bits per heavy atom. The van der Waals surface area contributed by atoms with Gasteiger partial charge in [-0.05, 0) is 38.0 Å². The van der Waals surface area contributed by atoms with E-state index in [1.54, 1.807) is 0 Å². The van der Waals surface area contributed by atoms with Crippen LogP contribution >= 0.6 is 0 Å². The third kappa shape index (κ3) is 2.04. The zero-order valence-corrected chi connectivity index (χ0v) is 8.13. The van der Waals surface area contributed by atoms with Crippen LogP contribution in [0.4, 0.5) is 0 Å². The molecule has 0 spiro atoms. The number of cyclic esters (lactones) is 1. The average molecular weight is 182 g/mol. The zero-order valence-electron chi connectivity index (χ0n) is 8.13. The molecule has 2 nitrogen and oxygen atoms in total. The maximum atomic E-state index is 11.6. The first-order valence-electron chi connectivity index (χ1n) is 5.54. The van der Waals surface area contributed by atoms with Crippen LogP contribution in [0, 0.1) is 11.8 Å². The lowest BCUT2D eigenvalue weighted by molar-refractivity contribution is -0.153. The Labute approximate surface area is 79.7 Å². The monoisotopic (exact) mass is 182 g/mol. The summed E-state index contributed by atoms with van der Waals surface area (Å²) in [4.78, 5) is 11.6. The maximum absolute atomic E-state index is 11.6. The van der Waals surface area contributed by atoms with Crippen molar-refractivity contribution in [3.05, 3.63) is 0 Å². The van der Waals surface area contributed by atoms with Crippen molar-refractivity contribution in [2.75, 3.05) is 6.61 Å². The molecule has 0 unspecified atom stereocenters. The van der Waals surface area contributed by atoms with Gasteiger partial charge in [0.15, 0.2) is 0 Å². The smallest absolute Gasteiger partial charge is 0.309 e. The fourth-order valence-electron chi connectivity index (χ4n) is 2.65. The van der Waals surface area contributed by atoms with Gasteiger partial charge < -0.3 is 4.74 Å². The standard InChI is InChI=1S/C11H18O2/c12-11-10-7-2-1-5-9(10)6-3-4-8-13-11/h9-10H,1-8H2/t9-,10+/m0/s1. The van der Waals surface area contributed by atoms with E-state index in [9.17, 15) is 4.79 Å². The van der Waals surface area contributed by atoms with Crippen LogP contribution in [0.25, 0.3) is 0 Å². The van der Waals surface area contributed by atoms with Crippen molar-refractivity contribution in [1.82, 2.24) is 0 Å². The summed E-state index contributed by atoms with van der Waals surface area (Å²) in [6, 6.07) is 0. The van der Waals surface area contributed by atoms with Gasteiger partial charge in [-0.2, -0.15) is 0 Å². The van der Waals surface area contributed by atoms with Crippen LogP contribution in [-0.4, -0.2) is 12.6 Å². The fourth-order valence-corrected chi connectivity index (χ4v) is 2.65. The van der Waals surface area contributed by atoms with Crippen molar-refractivity contribution in [2.45, 2.75) is 44.9 Å². The number of ether oxygens (including phenoxy) is 1. The third-order valence-electron chi connectivity index (χ3n) is 3.43. The lowest BCUT2D eigenvalue weighted by Crippen LogP contribution is -2.30. The number of carbonyl (C=O) groups excluding carboxylic acids is 1. The van der Waals surface area contributed by atoms with Gasteiger partial charge in [-0.25, -0.2) is 0 Å². The van der Waals surface area contributed by atoms with E-state index in [0.29, 0.717) is 12.5 Å². The van der Waals surface area contributed by atoms with E-state index >= 15 is 0 Å². The molecule has 74 valence electrons. The molecule has 0 amide bonds. The number of fused-ring (bicyclic) bond motifs is 1. The highest BCUT2D eigenvalue weighted by Crippen LogP contribution is 2.35. The second-order valence-corrected chi connectivity index (χ2v) is 4.31. The van der Waals surface area contributed by atoms with Crippen molar-refractivity contribution in [1.29, 1.82) is 0 Å². The highest BCUT2D eigenvalue weighted by molar-refractivity contribution is 5.73. The summed E-state index contributed by atoms with van der Waals surface area (Å²) in [7, 11) is 0. The summed E-state index contributed by atoms with van der Waals surface area (Å²) in [6.45, 7) is 0.655. The normalized spacial score (nSPS) is 35.5. The minimum Gasteiger partial charge on any atom is -0.465 e. The van der Waals surface area contributed by atoms with E-state index in [0.717, 1.165) is 12.8 Å². The van der Waals surface area contributed by atoms with Gasteiger partial charge in [0.2, 0.25) is 0 Å². The van der Waals surface area contributed by atoms with E-state index in [1.807, 2.05) is 0 Å². The quantitative estimate of drug-likeness (QED) is 0.538. The summed E-state index contributed by atoms with van der Waals surface area (Å²) in [5.74, 6) is 0.972. The topological polar surface area (TPSA) is 26.3 Å². The first-order valence-corrected chi connectivity index (χ1v) is 5.54. The molecule has 0 aromatic heterocycles. The van der Waals surface area contributed by atoms with Crippen LogP contribution in [0.2, 0.25) is 0 Å². The number of hydrogen-bond acceptors (Lipinski definition) is 2. The first kappa shape index (κ1) is 9.04. The molecule has 2 fully saturated rings. The summed E-state index contributed by atoms with van der Waals surface area (Å²) in [6.07, 6.45) is 8.41. The SMILES string of the molecule is O=C1OCCCC[C@@H]2CCCC[C@@H]12. The van der Waals surface area contributed by atoms with E-state index in [-0.39, 0.29) is 11.9 Å². The van der Waals surface area contributed by atoms with Gasteiger partial charge in [0.05, 0.1) is 12.5 Å². The molecule has 2 aliphatic rings. The minimum atomic E-state index is 0.0874. The molecule has 0 aromatic rings. The molecular formula is C11H18O2. The van der Waals surface area contributed by atoms with Gasteiger partial charge >= 0.3 is 5.97 Å². The van der Waals surface area contributed by atoms with Crippen LogP contribution in [-0.2, 0) is 9.53 Å². The first-order chi connectivity index (χ1) is 6.38. The van der Waals surface area contributed by atoms with E-state index in [4.69, 9.17) is 4.74 Å². The Hall–Kier alpha value is -0.530. The molecule has 0 N–H and O–H groups in total. The van der Waals surface area contributed by atoms with Crippen molar-refractivity contribution in [3.8, 4) is 0 Å². The molecule has 2 atom stereocenters. The zero-order chi connectivity index (χ0) is 9.10. The van der Waals surface area contributed by atoms with Crippen molar-refractivity contribution in [2.24, 2.45) is 11.8 Å². The predicted molar refractivity (Wildman–Crippen MR) is 50.3 cm³/mol. The van der Waals surface area contributed by atoms with Gasteiger partial charge in [0.1, 0.15) is 0 Å². The van der Waals surface area contributed by atoms with Crippen molar-refractivity contribution < 1.29 is 9.53 Å². The van der Waals surface area contributed by atoms with Crippen molar-refractivity contribution in [3.63, 3.8) is 0 Å². The third-order valence-corrected chi connectivity index (χ3v) is 3.43. The molecular weight excluding hydrogens is 164 g/mol. The minimum absolute atomic E-state index is 0.0874. The largest absolute Gasteiger partial charge is 0.465 e. The molecule has 0 radical (unpaired) electrons. The van der Waals surface area contributed by atoms with Crippen LogP contribution < -0.4 is 0 Å². The Morgan fingerprint density at radius 3 is 2.54 bits per heavy atom. The summed E-state index contributed by atoms with van der Waals surface area (Å²) < 4.78 is 5.21. The van der Waals surface area contributed by atoms with E-state index in [2.05, 4.69) is 0 Å². The molecule has 1 aliphatic carbocycles. The highest BCUT2D eigenvalue weighted by atomic mass is 16.5. The summed E-state index contributed by atoms with van der Waals surface area (Å²) in [5, 5.41) is 0. The Bertz CT molecular complexity index is 189. The van der Waals surface area contributed by atoms with Gasteiger partial charge in [-0.3, -0.25) is 4.79 Å². The second kappa shape index (κ2) is 4.12. The lowest BCUT2D eigenvalue weighted by Gasteiger charge is -2.31. The number of rotatable bonds is 0. The Kier molecular flexibility index (Phi) is 2.87. The highest BCUT2D eigenvalue weighted by Gasteiger charge is 2.32. The van der Waals surface area contributed by atoms with Crippen LogP contribution in [0.15, 0.2) is 0 Å². The van der Waals surface area contributed by atoms with Crippen LogP contribution in [0.3, 0.4) is 0 Å². The number of hydrogen-bond donors (Lipinski definition) is 0. The molecule has 1 saturated carbocycles. The lowest BCUT2D eigenvalue weighted by atomic mass is 9.76.